The van der Waals surface area contributed by atoms with Crippen LogP contribution in [0.25, 0.3) is 16.5 Å². The predicted octanol–water partition coefficient (Wildman–Crippen LogP) is 5.86. The van der Waals surface area contributed by atoms with E-state index in [9.17, 15) is 9.90 Å². The second-order valence-corrected chi connectivity index (χ2v) is 7.49. The van der Waals surface area contributed by atoms with E-state index in [-0.39, 0.29) is 11.4 Å². The zero-order valence-electron chi connectivity index (χ0n) is 14.5. The quantitative estimate of drug-likeness (QED) is 0.395. The first kappa shape index (κ1) is 18.5. The van der Waals surface area contributed by atoms with Gasteiger partial charge in [0.2, 0.25) is 5.88 Å². The van der Waals surface area contributed by atoms with E-state index in [1.165, 1.54) is 4.57 Å². The maximum absolute atomic E-state index is 13.0. The minimum absolute atomic E-state index is 0.190. The van der Waals surface area contributed by atoms with E-state index in [2.05, 4.69) is 20.9 Å². The van der Waals surface area contributed by atoms with Crippen LogP contribution in [0.15, 0.2) is 87.1 Å². The van der Waals surface area contributed by atoms with Crippen LogP contribution < -0.4 is 5.56 Å². The van der Waals surface area contributed by atoms with Gasteiger partial charge in [0, 0.05) is 26.5 Å². The molecule has 1 N–H and O–H groups in total. The molecule has 0 amide bonds. The fraction of sp³-hybridized carbons (Fsp3) is 0. The van der Waals surface area contributed by atoms with Crippen molar-refractivity contribution in [1.29, 1.82) is 0 Å². The van der Waals surface area contributed by atoms with Crippen molar-refractivity contribution in [2.24, 2.45) is 4.99 Å². The molecule has 0 aliphatic carbocycles. The molecule has 0 bridgehead atoms. The SMILES string of the molecule is O=c1c2ccccc2c(C=Nc2cccc(Br)c2)c(O)n1-c1cccc(Cl)c1. The molecule has 6 heteroatoms. The Hall–Kier alpha value is -2.89. The number of hydrogen-bond acceptors (Lipinski definition) is 3. The molecular weight excluding hydrogens is 440 g/mol. The van der Waals surface area contributed by atoms with Crippen molar-refractivity contribution in [2.75, 3.05) is 0 Å². The maximum Gasteiger partial charge on any atom is 0.265 e. The normalized spacial score (nSPS) is 11.4. The zero-order valence-corrected chi connectivity index (χ0v) is 16.9. The van der Waals surface area contributed by atoms with Gasteiger partial charge in [0.1, 0.15) is 0 Å². The molecule has 4 nitrogen and oxygen atoms in total. The fourth-order valence-electron chi connectivity index (χ4n) is 3.04. The van der Waals surface area contributed by atoms with Crippen LogP contribution in [0.4, 0.5) is 5.69 Å². The number of nitrogens with zero attached hydrogens (tertiary/aromatic N) is 2. The highest BCUT2D eigenvalue weighted by atomic mass is 79.9. The Morgan fingerprint density at radius 1 is 0.964 bits per heavy atom. The monoisotopic (exact) mass is 452 g/mol. The number of pyridine rings is 1. The molecule has 28 heavy (non-hydrogen) atoms. The summed E-state index contributed by atoms with van der Waals surface area (Å²) in [7, 11) is 0. The van der Waals surface area contributed by atoms with E-state index in [1.807, 2.05) is 30.3 Å². The third-order valence-corrected chi connectivity index (χ3v) is 5.05. The molecule has 0 saturated heterocycles. The van der Waals surface area contributed by atoms with Crippen molar-refractivity contribution >= 4 is 50.2 Å². The van der Waals surface area contributed by atoms with Gasteiger partial charge in [-0.1, -0.05) is 57.9 Å². The lowest BCUT2D eigenvalue weighted by molar-refractivity contribution is 0.436. The zero-order chi connectivity index (χ0) is 19.7. The molecule has 1 aromatic heterocycles. The summed E-state index contributed by atoms with van der Waals surface area (Å²) in [4.78, 5) is 17.5. The summed E-state index contributed by atoms with van der Waals surface area (Å²) in [6.07, 6.45) is 1.57. The Morgan fingerprint density at radius 2 is 1.71 bits per heavy atom. The van der Waals surface area contributed by atoms with Crippen LogP contribution in [0.2, 0.25) is 5.02 Å². The van der Waals surface area contributed by atoms with E-state index in [0.717, 1.165) is 10.2 Å². The number of benzene rings is 3. The third kappa shape index (κ3) is 3.46. The van der Waals surface area contributed by atoms with Gasteiger partial charge < -0.3 is 5.11 Å². The summed E-state index contributed by atoms with van der Waals surface area (Å²) >= 11 is 9.51. The lowest BCUT2D eigenvalue weighted by atomic mass is 10.1. The van der Waals surface area contributed by atoms with Crippen molar-refractivity contribution in [1.82, 2.24) is 4.57 Å². The first-order valence-corrected chi connectivity index (χ1v) is 9.64. The van der Waals surface area contributed by atoms with Crippen molar-refractivity contribution in [3.05, 3.63) is 98.2 Å². The Kier molecular flexibility index (Phi) is 5.03. The summed E-state index contributed by atoms with van der Waals surface area (Å²) in [5.41, 5.74) is 1.33. The molecule has 1 heterocycles. The largest absolute Gasteiger partial charge is 0.494 e. The van der Waals surface area contributed by atoms with Gasteiger partial charge in [-0.2, -0.15) is 0 Å². The van der Waals surface area contributed by atoms with E-state index in [4.69, 9.17) is 11.6 Å². The van der Waals surface area contributed by atoms with Gasteiger partial charge in [0.25, 0.3) is 5.56 Å². The molecule has 0 fully saturated rings. The summed E-state index contributed by atoms with van der Waals surface area (Å²) < 4.78 is 2.15. The molecule has 0 aliphatic heterocycles. The second-order valence-electron chi connectivity index (χ2n) is 6.14. The molecule has 0 spiro atoms. The first-order valence-electron chi connectivity index (χ1n) is 8.47. The standard InChI is InChI=1S/C22H14BrClN2O2/c23-14-5-3-7-16(11-14)25-13-20-18-9-1-2-10-19(18)21(27)26(22(20)28)17-8-4-6-15(24)12-17/h1-13,28H. The first-order chi connectivity index (χ1) is 13.5. The lowest BCUT2D eigenvalue weighted by Crippen LogP contribution is -2.20. The number of rotatable bonds is 3. The molecule has 0 atom stereocenters. The Balaban J connectivity index is 1.99. The van der Waals surface area contributed by atoms with Gasteiger partial charge in [-0.3, -0.25) is 9.79 Å². The number of fused-ring (bicyclic) bond motifs is 1. The molecule has 0 saturated carbocycles. The number of aromatic nitrogens is 1. The number of aromatic hydroxyl groups is 1. The van der Waals surface area contributed by atoms with Gasteiger partial charge in [0.05, 0.1) is 16.9 Å². The summed E-state index contributed by atoms with van der Waals surface area (Å²) in [6, 6.07) is 21.4. The number of halogens is 2. The lowest BCUT2D eigenvalue weighted by Gasteiger charge is -2.14. The van der Waals surface area contributed by atoms with Crippen molar-refractivity contribution < 1.29 is 5.11 Å². The molecule has 3 aromatic carbocycles. The van der Waals surface area contributed by atoms with Crippen molar-refractivity contribution in [2.45, 2.75) is 0 Å². The minimum Gasteiger partial charge on any atom is -0.494 e. The van der Waals surface area contributed by atoms with Gasteiger partial charge in [0.15, 0.2) is 0 Å². The van der Waals surface area contributed by atoms with Crippen LogP contribution in [0, 0.1) is 0 Å². The van der Waals surface area contributed by atoms with Crippen LogP contribution in [0.5, 0.6) is 5.88 Å². The Bertz CT molecular complexity index is 1280. The Labute approximate surface area is 174 Å². The highest BCUT2D eigenvalue weighted by Gasteiger charge is 2.16. The molecule has 0 aliphatic rings. The second kappa shape index (κ2) is 7.62. The smallest absolute Gasteiger partial charge is 0.265 e. The topological polar surface area (TPSA) is 54.6 Å². The fourth-order valence-corrected chi connectivity index (χ4v) is 3.61. The number of hydrogen-bond donors (Lipinski definition) is 1. The molecule has 138 valence electrons. The Morgan fingerprint density at radius 3 is 2.46 bits per heavy atom. The van der Waals surface area contributed by atoms with Gasteiger partial charge in [-0.15, -0.1) is 0 Å². The average Bonchev–Trinajstić information content (AvgIpc) is 2.68. The van der Waals surface area contributed by atoms with E-state index >= 15 is 0 Å². The van der Waals surface area contributed by atoms with Gasteiger partial charge >= 0.3 is 0 Å². The highest BCUT2D eigenvalue weighted by Crippen LogP contribution is 2.27. The van der Waals surface area contributed by atoms with Crippen LogP contribution in [0.3, 0.4) is 0 Å². The van der Waals surface area contributed by atoms with Crippen molar-refractivity contribution in [3.8, 4) is 11.6 Å². The summed E-state index contributed by atoms with van der Waals surface area (Å²) in [5.74, 6) is -0.190. The number of aliphatic imine (C=N–C) groups is 1. The van der Waals surface area contributed by atoms with Crippen LogP contribution >= 0.6 is 27.5 Å². The van der Waals surface area contributed by atoms with Crippen molar-refractivity contribution in [3.63, 3.8) is 0 Å². The predicted molar refractivity (Wildman–Crippen MR) is 118 cm³/mol. The summed E-state index contributed by atoms with van der Waals surface area (Å²) in [5, 5.41) is 12.5. The molecular formula is C22H14BrClN2O2. The van der Waals surface area contributed by atoms with Crippen LogP contribution in [0.1, 0.15) is 5.56 Å². The molecule has 4 rings (SSSR count). The van der Waals surface area contributed by atoms with Gasteiger partial charge in [-0.05, 0) is 42.5 Å². The van der Waals surface area contributed by atoms with Crippen LogP contribution in [-0.2, 0) is 0 Å². The van der Waals surface area contributed by atoms with E-state index < -0.39 is 0 Å². The van der Waals surface area contributed by atoms with E-state index in [1.54, 1.807) is 48.7 Å². The molecule has 4 aromatic rings. The summed E-state index contributed by atoms with van der Waals surface area (Å²) in [6.45, 7) is 0. The van der Waals surface area contributed by atoms with E-state index in [0.29, 0.717) is 27.0 Å². The highest BCUT2D eigenvalue weighted by molar-refractivity contribution is 9.10. The van der Waals surface area contributed by atoms with Crippen LogP contribution in [-0.4, -0.2) is 15.9 Å². The minimum atomic E-state index is -0.324. The molecule has 0 radical (unpaired) electrons. The van der Waals surface area contributed by atoms with Gasteiger partial charge in [-0.25, -0.2) is 4.57 Å². The molecule has 0 unspecified atom stereocenters. The maximum atomic E-state index is 13.0. The average molecular weight is 454 g/mol. The third-order valence-electron chi connectivity index (χ3n) is 4.32.